The van der Waals surface area contributed by atoms with E-state index in [0.29, 0.717) is 13.0 Å². The Morgan fingerprint density at radius 2 is 2.26 bits per heavy atom. The fourth-order valence-corrected chi connectivity index (χ4v) is 2.36. The quantitative estimate of drug-likeness (QED) is 0.712. The van der Waals surface area contributed by atoms with Crippen molar-refractivity contribution in [1.82, 2.24) is 5.32 Å². The lowest BCUT2D eigenvalue weighted by atomic mass is 9.95. The molecule has 0 amide bonds. The number of carbonyl (C=O) groups excluding carboxylic acids is 1. The first-order valence-corrected chi connectivity index (χ1v) is 7.02. The maximum absolute atomic E-state index is 11.7. The third-order valence-electron chi connectivity index (χ3n) is 3.72. The lowest BCUT2D eigenvalue weighted by Crippen LogP contribution is -2.50. The minimum atomic E-state index is -0.707. The topological polar surface area (TPSA) is 56.8 Å². The molecule has 5 heteroatoms. The minimum Gasteiger partial charge on any atom is -0.468 e. The molecule has 3 unspecified atom stereocenters. The van der Waals surface area contributed by atoms with Gasteiger partial charge in [-0.05, 0) is 40.2 Å². The van der Waals surface area contributed by atoms with Gasteiger partial charge >= 0.3 is 5.97 Å². The third kappa shape index (κ3) is 5.09. The zero-order chi connectivity index (χ0) is 14.3. The molecule has 19 heavy (non-hydrogen) atoms. The van der Waals surface area contributed by atoms with Crippen LogP contribution >= 0.6 is 0 Å². The summed E-state index contributed by atoms with van der Waals surface area (Å²) in [6, 6.07) is 0. The largest absolute Gasteiger partial charge is 0.468 e. The predicted molar refractivity (Wildman–Crippen MR) is 73.1 cm³/mol. The highest BCUT2D eigenvalue weighted by Gasteiger charge is 2.34. The number of hydrogen-bond acceptors (Lipinski definition) is 5. The van der Waals surface area contributed by atoms with Gasteiger partial charge in [0, 0.05) is 13.0 Å². The van der Waals surface area contributed by atoms with E-state index in [9.17, 15) is 4.79 Å². The Balaban J connectivity index is 2.35. The molecule has 1 fully saturated rings. The predicted octanol–water partition coefficient (Wildman–Crippen LogP) is 1.50. The summed E-state index contributed by atoms with van der Waals surface area (Å²) in [4.78, 5) is 11.7. The van der Waals surface area contributed by atoms with Gasteiger partial charge in [0.05, 0.1) is 25.9 Å². The Bertz CT molecular complexity index is 279. The molecule has 112 valence electrons. The maximum Gasteiger partial charge on any atom is 0.325 e. The molecule has 0 bridgehead atoms. The van der Waals surface area contributed by atoms with Crippen molar-refractivity contribution >= 4 is 5.97 Å². The SMILES string of the molecule is CNC(C)(CC(C)OCC1CCCCO1)C(=O)OC. The molecular weight excluding hydrogens is 246 g/mol. The van der Waals surface area contributed by atoms with Crippen molar-refractivity contribution in [2.45, 2.75) is 57.3 Å². The molecule has 0 spiro atoms. The second kappa shape index (κ2) is 7.82. The summed E-state index contributed by atoms with van der Waals surface area (Å²) in [5.41, 5.74) is -0.707. The average molecular weight is 273 g/mol. The van der Waals surface area contributed by atoms with Crippen molar-refractivity contribution in [3.8, 4) is 0 Å². The highest BCUT2D eigenvalue weighted by molar-refractivity contribution is 5.80. The fourth-order valence-electron chi connectivity index (χ4n) is 2.36. The summed E-state index contributed by atoms with van der Waals surface area (Å²) >= 11 is 0. The highest BCUT2D eigenvalue weighted by atomic mass is 16.5. The van der Waals surface area contributed by atoms with Crippen molar-refractivity contribution in [2.24, 2.45) is 0 Å². The van der Waals surface area contributed by atoms with Crippen LogP contribution in [0.25, 0.3) is 0 Å². The highest BCUT2D eigenvalue weighted by Crippen LogP contribution is 2.18. The second-order valence-corrected chi connectivity index (χ2v) is 5.41. The zero-order valence-corrected chi connectivity index (χ0v) is 12.5. The first-order chi connectivity index (χ1) is 9.01. The smallest absolute Gasteiger partial charge is 0.325 e. The number of methoxy groups -OCH3 is 1. The Hall–Kier alpha value is -0.650. The Morgan fingerprint density at radius 1 is 1.53 bits per heavy atom. The van der Waals surface area contributed by atoms with Crippen molar-refractivity contribution in [2.75, 3.05) is 27.4 Å². The van der Waals surface area contributed by atoms with E-state index in [0.717, 1.165) is 19.4 Å². The Morgan fingerprint density at radius 3 is 2.79 bits per heavy atom. The number of rotatable bonds is 7. The first-order valence-electron chi connectivity index (χ1n) is 7.02. The van der Waals surface area contributed by atoms with Gasteiger partial charge < -0.3 is 19.5 Å². The van der Waals surface area contributed by atoms with Crippen molar-refractivity contribution in [3.05, 3.63) is 0 Å². The number of hydrogen-bond donors (Lipinski definition) is 1. The molecule has 1 aliphatic rings. The van der Waals surface area contributed by atoms with Crippen LogP contribution in [-0.4, -0.2) is 51.1 Å². The van der Waals surface area contributed by atoms with Crippen LogP contribution in [-0.2, 0) is 19.0 Å². The van der Waals surface area contributed by atoms with Crippen LogP contribution in [0.5, 0.6) is 0 Å². The number of carbonyl (C=O) groups is 1. The molecule has 3 atom stereocenters. The van der Waals surface area contributed by atoms with Crippen LogP contribution in [0.4, 0.5) is 0 Å². The van der Waals surface area contributed by atoms with E-state index in [1.807, 2.05) is 13.8 Å². The summed E-state index contributed by atoms with van der Waals surface area (Å²) in [5.74, 6) is -0.264. The van der Waals surface area contributed by atoms with Gasteiger partial charge in [-0.1, -0.05) is 0 Å². The standard InChI is InChI=1S/C14H27NO4/c1-11(9-14(2,15-3)13(16)17-4)19-10-12-7-5-6-8-18-12/h11-12,15H,5-10H2,1-4H3. The molecular formula is C14H27NO4. The molecule has 1 rings (SSSR count). The van der Waals surface area contributed by atoms with Gasteiger partial charge in [0.25, 0.3) is 0 Å². The van der Waals surface area contributed by atoms with Gasteiger partial charge in [-0.15, -0.1) is 0 Å². The van der Waals surface area contributed by atoms with Gasteiger partial charge in [-0.3, -0.25) is 4.79 Å². The van der Waals surface area contributed by atoms with Crippen LogP contribution < -0.4 is 5.32 Å². The van der Waals surface area contributed by atoms with Crippen molar-refractivity contribution in [3.63, 3.8) is 0 Å². The summed E-state index contributed by atoms with van der Waals surface area (Å²) in [6.45, 7) is 5.23. The van der Waals surface area contributed by atoms with E-state index >= 15 is 0 Å². The van der Waals surface area contributed by atoms with Gasteiger partial charge in [0.1, 0.15) is 5.54 Å². The summed E-state index contributed by atoms with van der Waals surface area (Å²) < 4.78 is 16.2. The molecule has 0 radical (unpaired) electrons. The van der Waals surface area contributed by atoms with Crippen molar-refractivity contribution in [1.29, 1.82) is 0 Å². The molecule has 0 aliphatic carbocycles. The van der Waals surface area contributed by atoms with E-state index in [1.54, 1.807) is 7.05 Å². The van der Waals surface area contributed by atoms with Crippen LogP contribution in [0.15, 0.2) is 0 Å². The molecule has 0 saturated carbocycles. The maximum atomic E-state index is 11.7. The number of nitrogens with one attached hydrogen (secondary N) is 1. The molecule has 0 aromatic carbocycles. The second-order valence-electron chi connectivity index (χ2n) is 5.41. The summed E-state index contributed by atoms with van der Waals surface area (Å²) in [6.07, 6.45) is 4.17. The van der Waals surface area contributed by atoms with E-state index in [-0.39, 0.29) is 18.2 Å². The molecule has 0 aromatic rings. The number of esters is 1. The fraction of sp³-hybridized carbons (Fsp3) is 0.929. The van der Waals surface area contributed by atoms with Crippen LogP contribution in [0, 0.1) is 0 Å². The van der Waals surface area contributed by atoms with Gasteiger partial charge in [0.15, 0.2) is 0 Å². The third-order valence-corrected chi connectivity index (χ3v) is 3.72. The zero-order valence-electron chi connectivity index (χ0n) is 12.5. The Labute approximate surface area is 116 Å². The molecule has 1 aliphatic heterocycles. The normalized spacial score (nSPS) is 24.5. The van der Waals surface area contributed by atoms with E-state index < -0.39 is 5.54 Å². The Kier molecular flexibility index (Phi) is 6.75. The van der Waals surface area contributed by atoms with E-state index in [1.165, 1.54) is 13.5 Å². The first kappa shape index (κ1) is 16.4. The van der Waals surface area contributed by atoms with Crippen molar-refractivity contribution < 1.29 is 19.0 Å². The van der Waals surface area contributed by atoms with Crippen LogP contribution in [0.3, 0.4) is 0 Å². The average Bonchev–Trinajstić information content (AvgIpc) is 2.45. The van der Waals surface area contributed by atoms with E-state index in [4.69, 9.17) is 14.2 Å². The van der Waals surface area contributed by atoms with Crippen LogP contribution in [0.1, 0.15) is 39.5 Å². The van der Waals surface area contributed by atoms with Gasteiger partial charge in [0.2, 0.25) is 0 Å². The van der Waals surface area contributed by atoms with Gasteiger partial charge in [-0.2, -0.15) is 0 Å². The minimum absolute atomic E-state index is 0.0259. The molecule has 5 nitrogen and oxygen atoms in total. The van der Waals surface area contributed by atoms with E-state index in [2.05, 4.69) is 5.32 Å². The number of ether oxygens (including phenoxy) is 3. The van der Waals surface area contributed by atoms with Crippen LogP contribution in [0.2, 0.25) is 0 Å². The molecule has 1 saturated heterocycles. The monoisotopic (exact) mass is 273 g/mol. The lowest BCUT2D eigenvalue weighted by Gasteiger charge is -2.30. The molecule has 1 heterocycles. The number of likely N-dealkylation sites (N-methyl/N-ethyl adjacent to an activating group) is 1. The van der Waals surface area contributed by atoms with Gasteiger partial charge in [-0.25, -0.2) is 0 Å². The summed E-state index contributed by atoms with van der Waals surface area (Å²) in [7, 11) is 3.16. The molecule has 0 aromatic heterocycles. The summed E-state index contributed by atoms with van der Waals surface area (Å²) in [5, 5.41) is 3.01. The molecule has 1 N–H and O–H groups in total. The lowest BCUT2D eigenvalue weighted by molar-refractivity contribution is -0.149.